The fourth-order valence-corrected chi connectivity index (χ4v) is 1.83. The first-order valence-corrected chi connectivity index (χ1v) is 5.53. The standard InChI is InChI=1S/C14H16N2O2/c1-17-9-3-5-11(13(15)7-9)12-6-4-10(18-2)8-14(12)16/h3-8H,15-16H2,1-2H3. The molecule has 0 radical (unpaired) electrons. The van der Waals surface area contributed by atoms with Gasteiger partial charge in [0.15, 0.2) is 0 Å². The van der Waals surface area contributed by atoms with Crippen LogP contribution >= 0.6 is 0 Å². The van der Waals surface area contributed by atoms with Crippen molar-refractivity contribution in [3.05, 3.63) is 36.4 Å². The molecule has 0 bridgehead atoms. The molecule has 0 aliphatic carbocycles. The second kappa shape index (κ2) is 4.87. The van der Waals surface area contributed by atoms with Crippen molar-refractivity contribution in [2.45, 2.75) is 0 Å². The Balaban J connectivity index is 2.48. The molecule has 2 rings (SSSR count). The average molecular weight is 244 g/mol. The van der Waals surface area contributed by atoms with Crippen molar-refractivity contribution < 1.29 is 9.47 Å². The van der Waals surface area contributed by atoms with Crippen LogP contribution in [-0.4, -0.2) is 14.2 Å². The lowest BCUT2D eigenvalue weighted by Crippen LogP contribution is -1.96. The average Bonchev–Trinajstić information content (AvgIpc) is 2.39. The molecular weight excluding hydrogens is 228 g/mol. The topological polar surface area (TPSA) is 70.5 Å². The minimum absolute atomic E-state index is 0.631. The highest BCUT2D eigenvalue weighted by Crippen LogP contribution is 2.34. The normalized spacial score (nSPS) is 10.1. The van der Waals surface area contributed by atoms with Crippen LogP contribution < -0.4 is 20.9 Å². The van der Waals surface area contributed by atoms with Gasteiger partial charge in [-0.25, -0.2) is 0 Å². The number of rotatable bonds is 3. The zero-order valence-corrected chi connectivity index (χ0v) is 10.4. The molecule has 0 amide bonds. The van der Waals surface area contributed by atoms with Gasteiger partial charge in [-0.15, -0.1) is 0 Å². The number of anilines is 2. The lowest BCUT2D eigenvalue weighted by Gasteiger charge is -2.11. The van der Waals surface area contributed by atoms with Crippen LogP contribution in [0.5, 0.6) is 11.5 Å². The van der Waals surface area contributed by atoms with Crippen molar-refractivity contribution in [3.63, 3.8) is 0 Å². The third-order valence-corrected chi connectivity index (χ3v) is 2.81. The van der Waals surface area contributed by atoms with Gasteiger partial charge in [0.1, 0.15) is 11.5 Å². The van der Waals surface area contributed by atoms with Crippen LogP contribution in [0.15, 0.2) is 36.4 Å². The third kappa shape index (κ3) is 2.18. The van der Waals surface area contributed by atoms with E-state index in [2.05, 4.69) is 0 Å². The lowest BCUT2D eigenvalue weighted by molar-refractivity contribution is 0.415. The first-order valence-electron chi connectivity index (χ1n) is 5.53. The molecule has 18 heavy (non-hydrogen) atoms. The van der Waals surface area contributed by atoms with Gasteiger partial charge >= 0.3 is 0 Å². The molecule has 2 aromatic rings. The fraction of sp³-hybridized carbons (Fsp3) is 0.143. The van der Waals surface area contributed by atoms with Crippen LogP contribution in [0.1, 0.15) is 0 Å². The van der Waals surface area contributed by atoms with Crippen LogP contribution in [0.3, 0.4) is 0 Å². The Morgan fingerprint density at radius 1 is 0.722 bits per heavy atom. The molecule has 0 aliphatic rings. The smallest absolute Gasteiger partial charge is 0.120 e. The number of hydrogen-bond acceptors (Lipinski definition) is 4. The highest BCUT2D eigenvalue weighted by molar-refractivity contribution is 5.85. The zero-order valence-electron chi connectivity index (χ0n) is 10.4. The summed E-state index contributed by atoms with van der Waals surface area (Å²) in [5.41, 5.74) is 15.0. The van der Waals surface area contributed by atoms with Gasteiger partial charge < -0.3 is 20.9 Å². The van der Waals surface area contributed by atoms with Crippen molar-refractivity contribution in [2.24, 2.45) is 0 Å². The Hall–Kier alpha value is -2.36. The molecule has 4 heteroatoms. The number of benzene rings is 2. The van der Waals surface area contributed by atoms with E-state index in [1.807, 2.05) is 24.3 Å². The zero-order chi connectivity index (χ0) is 13.1. The van der Waals surface area contributed by atoms with Crippen LogP contribution in [0, 0.1) is 0 Å². The van der Waals surface area contributed by atoms with Gasteiger partial charge in [-0.1, -0.05) is 0 Å². The van der Waals surface area contributed by atoms with E-state index < -0.39 is 0 Å². The molecule has 0 spiro atoms. The van der Waals surface area contributed by atoms with Crippen molar-refractivity contribution in [2.75, 3.05) is 25.7 Å². The Morgan fingerprint density at radius 2 is 1.11 bits per heavy atom. The van der Waals surface area contributed by atoms with E-state index in [9.17, 15) is 0 Å². The molecule has 0 aliphatic heterocycles. The van der Waals surface area contributed by atoms with Crippen molar-refractivity contribution in [3.8, 4) is 22.6 Å². The van der Waals surface area contributed by atoms with E-state index in [4.69, 9.17) is 20.9 Å². The third-order valence-electron chi connectivity index (χ3n) is 2.81. The first kappa shape index (κ1) is 12.1. The quantitative estimate of drug-likeness (QED) is 0.814. The van der Waals surface area contributed by atoms with Gasteiger partial charge in [0.25, 0.3) is 0 Å². The summed E-state index contributed by atoms with van der Waals surface area (Å²) in [7, 11) is 3.21. The fourth-order valence-electron chi connectivity index (χ4n) is 1.83. The maximum absolute atomic E-state index is 6.00. The van der Waals surface area contributed by atoms with E-state index >= 15 is 0 Å². The summed E-state index contributed by atoms with van der Waals surface area (Å²) in [6.45, 7) is 0. The Bertz CT molecular complexity index is 516. The molecule has 0 heterocycles. The van der Waals surface area contributed by atoms with Gasteiger partial charge in [-0.3, -0.25) is 0 Å². The van der Waals surface area contributed by atoms with E-state index in [1.54, 1.807) is 26.4 Å². The number of nitrogen functional groups attached to an aromatic ring is 2. The molecular formula is C14H16N2O2. The molecule has 0 aromatic heterocycles. The summed E-state index contributed by atoms with van der Waals surface area (Å²) in [5, 5.41) is 0. The van der Waals surface area contributed by atoms with Crippen LogP contribution in [0.2, 0.25) is 0 Å². The van der Waals surface area contributed by atoms with Gasteiger partial charge in [0, 0.05) is 34.6 Å². The Labute approximate surface area is 106 Å². The Kier molecular flexibility index (Phi) is 3.28. The Morgan fingerprint density at radius 3 is 1.39 bits per heavy atom. The molecule has 0 saturated carbocycles. The molecule has 2 aromatic carbocycles. The molecule has 0 atom stereocenters. The molecule has 4 nitrogen and oxygen atoms in total. The van der Waals surface area contributed by atoms with Gasteiger partial charge in [-0.2, -0.15) is 0 Å². The predicted molar refractivity (Wildman–Crippen MR) is 73.8 cm³/mol. The molecule has 0 saturated heterocycles. The van der Waals surface area contributed by atoms with Crippen LogP contribution in [-0.2, 0) is 0 Å². The highest BCUT2D eigenvalue weighted by atomic mass is 16.5. The van der Waals surface area contributed by atoms with E-state index in [0.29, 0.717) is 11.4 Å². The summed E-state index contributed by atoms with van der Waals surface area (Å²) < 4.78 is 10.2. The summed E-state index contributed by atoms with van der Waals surface area (Å²) in [4.78, 5) is 0. The monoisotopic (exact) mass is 244 g/mol. The maximum Gasteiger partial charge on any atom is 0.120 e. The minimum Gasteiger partial charge on any atom is -0.497 e. The van der Waals surface area contributed by atoms with Crippen molar-refractivity contribution in [1.82, 2.24) is 0 Å². The maximum atomic E-state index is 6.00. The number of ether oxygens (including phenoxy) is 2. The first-order chi connectivity index (χ1) is 8.65. The number of methoxy groups -OCH3 is 2. The minimum atomic E-state index is 0.631. The highest BCUT2D eigenvalue weighted by Gasteiger charge is 2.08. The van der Waals surface area contributed by atoms with Crippen LogP contribution in [0.4, 0.5) is 11.4 Å². The lowest BCUT2D eigenvalue weighted by atomic mass is 10.0. The van der Waals surface area contributed by atoms with E-state index in [-0.39, 0.29) is 0 Å². The molecule has 0 fully saturated rings. The number of nitrogens with two attached hydrogens (primary N) is 2. The molecule has 0 unspecified atom stereocenters. The van der Waals surface area contributed by atoms with Crippen molar-refractivity contribution >= 4 is 11.4 Å². The van der Waals surface area contributed by atoms with Crippen LogP contribution in [0.25, 0.3) is 11.1 Å². The summed E-state index contributed by atoms with van der Waals surface area (Å²) in [5.74, 6) is 1.45. The molecule has 94 valence electrons. The predicted octanol–water partition coefficient (Wildman–Crippen LogP) is 2.54. The van der Waals surface area contributed by atoms with E-state index in [0.717, 1.165) is 22.6 Å². The second-order valence-electron chi connectivity index (χ2n) is 3.91. The summed E-state index contributed by atoms with van der Waals surface area (Å²) >= 11 is 0. The summed E-state index contributed by atoms with van der Waals surface area (Å²) in [6, 6.07) is 11.1. The second-order valence-corrected chi connectivity index (χ2v) is 3.91. The number of hydrogen-bond donors (Lipinski definition) is 2. The largest absolute Gasteiger partial charge is 0.497 e. The van der Waals surface area contributed by atoms with Gasteiger partial charge in [0.05, 0.1) is 14.2 Å². The molecule has 4 N–H and O–H groups in total. The van der Waals surface area contributed by atoms with Gasteiger partial charge in [-0.05, 0) is 24.3 Å². The SMILES string of the molecule is COc1ccc(-c2ccc(OC)cc2N)c(N)c1. The summed E-state index contributed by atoms with van der Waals surface area (Å²) in [6.07, 6.45) is 0. The van der Waals surface area contributed by atoms with Crippen molar-refractivity contribution in [1.29, 1.82) is 0 Å². The van der Waals surface area contributed by atoms with Gasteiger partial charge in [0.2, 0.25) is 0 Å². The van der Waals surface area contributed by atoms with E-state index in [1.165, 1.54) is 0 Å².